The fourth-order valence-electron chi connectivity index (χ4n) is 2.27. The van der Waals surface area contributed by atoms with E-state index in [-0.39, 0.29) is 6.10 Å². The van der Waals surface area contributed by atoms with Crippen LogP contribution < -0.4 is 9.64 Å². The zero-order valence-electron chi connectivity index (χ0n) is 11.3. The molecule has 104 valence electrons. The predicted molar refractivity (Wildman–Crippen MR) is 79.5 cm³/mol. The van der Waals surface area contributed by atoms with Crippen molar-refractivity contribution < 1.29 is 4.74 Å². The molecule has 0 saturated carbocycles. The van der Waals surface area contributed by atoms with Gasteiger partial charge in [0.1, 0.15) is 11.9 Å². The molecule has 1 aliphatic rings. The number of hydrogen-bond donors (Lipinski definition) is 0. The summed E-state index contributed by atoms with van der Waals surface area (Å²) in [5.41, 5.74) is 1.07. The van der Waals surface area contributed by atoms with Gasteiger partial charge in [0.15, 0.2) is 0 Å². The minimum absolute atomic E-state index is 0.125. The van der Waals surface area contributed by atoms with Crippen LogP contribution in [0, 0.1) is 6.92 Å². The smallest absolute Gasteiger partial charge is 0.225 e. The third-order valence-electron chi connectivity index (χ3n) is 3.33. The lowest BCUT2D eigenvalue weighted by molar-refractivity contribution is 0.225. The first-order chi connectivity index (χ1) is 9.72. The van der Waals surface area contributed by atoms with Gasteiger partial charge in [0.05, 0.1) is 11.6 Å². The van der Waals surface area contributed by atoms with Crippen LogP contribution in [0.4, 0.5) is 5.95 Å². The van der Waals surface area contributed by atoms with Crippen LogP contribution in [-0.4, -0.2) is 29.2 Å². The van der Waals surface area contributed by atoms with Crippen LogP contribution >= 0.6 is 11.6 Å². The Hall–Kier alpha value is -1.81. The third kappa shape index (κ3) is 2.85. The molecule has 0 amide bonds. The summed E-state index contributed by atoms with van der Waals surface area (Å²) in [5, 5.41) is 0.650. The van der Waals surface area contributed by atoms with Crippen LogP contribution in [0.15, 0.2) is 36.7 Å². The Kier molecular flexibility index (Phi) is 3.74. The number of ether oxygens (including phenoxy) is 1. The molecular formula is C15H16ClN3O. The molecule has 5 heteroatoms. The average molecular weight is 290 g/mol. The molecule has 0 bridgehead atoms. The summed E-state index contributed by atoms with van der Waals surface area (Å²) in [4.78, 5) is 10.8. The van der Waals surface area contributed by atoms with Crippen LogP contribution in [0.5, 0.6) is 5.75 Å². The molecule has 2 heterocycles. The number of aryl methyl sites for hydroxylation is 1. The lowest BCUT2D eigenvalue weighted by Crippen LogP contribution is -2.26. The van der Waals surface area contributed by atoms with E-state index in [4.69, 9.17) is 16.3 Å². The van der Waals surface area contributed by atoms with Crippen LogP contribution in [-0.2, 0) is 0 Å². The van der Waals surface area contributed by atoms with Crippen LogP contribution in [0.25, 0.3) is 0 Å². The summed E-state index contributed by atoms with van der Waals surface area (Å²) >= 11 is 6.11. The second kappa shape index (κ2) is 5.67. The minimum atomic E-state index is 0.125. The molecule has 1 aromatic heterocycles. The summed E-state index contributed by atoms with van der Waals surface area (Å²) in [6.45, 7) is 3.67. The number of aromatic nitrogens is 2. The number of halogens is 1. The summed E-state index contributed by atoms with van der Waals surface area (Å²) in [5.74, 6) is 1.51. The maximum Gasteiger partial charge on any atom is 0.225 e. The van der Waals surface area contributed by atoms with Gasteiger partial charge >= 0.3 is 0 Å². The normalized spacial score (nSPS) is 18.3. The van der Waals surface area contributed by atoms with E-state index in [0.29, 0.717) is 5.02 Å². The van der Waals surface area contributed by atoms with E-state index in [0.717, 1.165) is 36.8 Å². The molecule has 0 radical (unpaired) electrons. The van der Waals surface area contributed by atoms with Crippen molar-refractivity contribution >= 4 is 17.5 Å². The van der Waals surface area contributed by atoms with Gasteiger partial charge in [0.25, 0.3) is 0 Å². The van der Waals surface area contributed by atoms with Gasteiger partial charge < -0.3 is 9.64 Å². The molecule has 3 rings (SSSR count). The van der Waals surface area contributed by atoms with Crippen molar-refractivity contribution in [2.24, 2.45) is 0 Å². The van der Waals surface area contributed by atoms with Crippen molar-refractivity contribution in [3.8, 4) is 5.75 Å². The Labute approximate surface area is 123 Å². The average Bonchev–Trinajstić information content (AvgIpc) is 2.91. The molecule has 1 atom stereocenters. The number of para-hydroxylation sites is 1. The fraction of sp³-hybridized carbons (Fsp3) is 0.333. The molecule has 1 fully saturated rings. The van der Waals surface area contributed by atoms with Gasteiger partial charge in [-0.3, -0.25) is 0 Å². The summed E-state index contributed by atoms with van der Waals surface area (Å²) in [6.07, 6.45) is 4.75. The largest absolute Gasteiger partial charge is 0.487 e. The van der Waals surface area contributed by atoms with Crippen molar-refractivity contribution in [1.82, 2.24) is 9.97 Å². The van der Waals surface area contributed by atoms with Crippen molar-refractivity contribution in [3.63, 3.8) is 0 Å². The van der Waals surface area contributed by atoms with Crippen molar-refractivity contribution in [2.45, 2.75) is 19.4 Å². The number of benzene rings is 1. The lowest BCUT2D eigenvalue weighted by Gasteiger charge is -2.17. The molecule has 20 heavy (non-hydrogen) atoms. The molecular weight excluding hydrogens is 274 g/mol. The van der Waals surface area contributed by atoms with Crippen LogP contribution in [0.2, 0.25) is 5.02 Å². The van der Waals surface area contributed by atoms with E-state index in [2.05, 4.69) is 14.9 Å². The van der Waals surface area contributed by atoms with Gasteiger partial charge in [-0.1, -0.05) is 23.7 Å². The lowest BCUT2D eigenvalue weighted by atomic mass is 10.3. The Morgan fingerprint density at radius 3 is 2.75 bits per heavy atom. The van der Waals surface area contributed by atoms with Gasteiger partial charge in [-0.05, 0) is 24.6 Å². The minimum Gasteiger partial charge on any atom is -0.487 e. The van der Waals surface area contributed by atoms with E-state index in [9.17, 15) is 0 Å². The van der Waals surface area contributed by atoms with E-state index < -0.39 is 0 Å². The fourth-order valence-corrected chi connectivity index (χ4v) is 2.46. The number of rotatable bonds is 3. The second-order valence-corrected chi connectivity index (χ2v) is 5.37. The van der Waals surface area contributed by atoms with Crippen molar-refractivity contribution in [1.29, 1.82) is 0 Å². The molecule has 0 spiro atoms. The topological polar surface area (TPSA) is 38.2 Å². The first-order valence-electron chi connectivity index (χ1n) is 6.67. The van der Waals surface area contributed by atoms with E-state index >= 15 is 0 Å². The van der Waals surface area contributed by atoms with Crippen molar-refractivity contribution in [2.75, 3.05) is 18.0 Å². The molecule has 0 N–H and O–H groups in total. The van der Waals surface area contributed by atoms with E-state index in [1.807, 2.05) is 43.6 Å². The highest BCUT2D eigenvalue weighted by atomic mass is 35.5. The summed E-state index contributed by atoms with van der Waals surface area (Å²) in [7, 11) is 0. The van der Waals surface area contributed by atoms with E-state index in [1.54, 1.807) is 0 Å². The summed E-state index contributed by atoms with van der Waals surface area (Å²) < 4.78 is 5.95. The van der Waals surface area contributed by atoms with Crippen LogP contribution in [0.3, 0.4) is 0 Å². The SMILES string of the molecule is Cc1cnc(N2CCC(Oc3ccccc3Cl)C2)nc1. The monoisotopic (exact) mass is 289 g/mol. The maximum atomic E-state index is 6.11. The highest BCUT2D eigenvalue weighted by Gasteiger charge is 2.26. The predicted octanol–water partition coefficient (Wildman–Crippen LogP) is 3.10. The van der Waals surface area contributed by atoms with Gasteiger partial charge in [0.2, 0.25) is 5.95 Å². The number of hydrogen-bond acceptors (Lipinski definition) is 4. The van der Waals surface area contributed by atoms with Gasteiger partial charge in [-0.25, -0.2) is 9.97 Å². The second-order valence-electron chi connectivity index (χ2n) is 4.97. The quantitative estimate of drug-likeness (QED) is 0.870. The van der Waals surface area contributed by atoms with Gasteiger partial charge in [-0.15, -0.1) is 0 Å². The Morgan fingerprint density at radius 2 is 2.00 bits per heavy atom. The molecule has 2 aromatic rings. The van der Waals surface area contributed by atoms with Crippen LogP contribution in [0.1, 0.15) is 12.0 Å². The van der Waals surface area contributed by atoms with Gasteiger partial charge in [0, 0.05) is 25.4 Å². The molecule has 0 aliphatic carbocycles. The highest BCUT2D eigenvalue weighted by Crippen LogP contribution is 2.27. The Balaban J connectivity index is 1.65. The number of anilines is 1. The Morgan fingerprint density at radius 1 is 1.25 bits per heavy atom. The summed E-state index contributed by atoms with van der Waals surface area (Å²) in [6, 6.07) is 7.56. The first kappa shape index (κ1) is 13.2. The standard InChI is InChI=1S/C15H16ClN3O/c1-11-8-17-15(18-9-11)19-7-6-12(10-19)20-14-5-3-2-4-13(14)16/h2-5,8-9,12H,6-7,10H2,1H3. The molecule has 1 saturated heterocycles. The third-order valence-corrected chi connectivity index (χ3v) is 3.64. The zero-order valence-corrected chi connectivity index (χ0v) is 12.0. The van der Waals surface area contributed by atoms with Gasteiger partial charge in [-0.2, -0.15) is 0 Å². The first-order valence-corrected chi connectivity index (χ1v) is 7.05. The maximum absolute atomic E-state index is 6.11. The molecule has 4 nitrogen and oxygen atoms in total. The van der Waals surface area contributed by atoms with Crippen molar-refractivity contribution in [3.05, 3.63) is 47.2 Å². The molecule has 1 aliphatic heterocycles. The Bertz CT molecular complexity index is 588. The highest BCUT2D eigenvalue weighted by molar-refractivity contribution is 6.32. The molecule has 1 unspecified atom stereocenters. The zero-order chi connectivity index (χ0) is 13.9. The number of nitrogens with zero attached hydrogens (tertiary/aromatic N) is 3. The van der Waals surface area contributed by atoms with E-state index in [1.165, 1.54) is 0 Å². The molecule has 1 aromatic carbocycles.